The highest BCUT2D eigenvalue weighted by Crippen LogP contribution is 2.51. The van der Waals surface area contributed by atoms with Crippen LogP contribution in [0.3, 0.4) is 0 Å². The summed E-state index contributed by atoms with van der Waals surface area (Å²) in [5.74, 6) is 0. The van der Waals surface area contributed by atoms with Crippen LogP contribution in [0, 0.1) is 0 Å². The van der Waals surface area contributed by atoms with Crippen LogP contribution in [-0.4, -0.2) is 9.13 Å². The van der Waals surface area contributed by atoms with Crippen molar-refractivity contribution in [1.29, 1.82) is 0 Å². The average Bonchev–Trinajstić information content (AvgIpc) is 4.10. The van der Waals surface area contributed by atoms with E-state index >= 15 is 0 Å². The van der Waals surface area contributed by atoms with Crippen LogP contribution >= 0.6 is 11.3 Å². The number of hydrogen-bond acceptors (Lipinski definition) is 2. The van der Waals surface area contributed by atoms with Crippen LogP contribution in [-0.2, 0) is 5.41 Å². The molecule has 0 unspecified atom stereocenters. The Kier molecular flexibility index (Phi) is 8.20. The quantitative estimate of drug-likeness (QED) is 0.162. The summed E-state index contributed by atoms with van der Waals surface area (Å²) in [6, 6.07) is 82.6. The van der Waals surface area contributed by atoms with E-state index in [1.54, 1.807) is 0 Å². The molecule has 4 heteroatoms. The lowest BCUT2D eigenvalue weighted by Gasteiger charge is -2.25. The van der Waals surface area contributed by atoms with Crippen molar-refractivity contribution in [2.45, 2.75) is 19.3 Å². The van der Waals surface area contributed by atoms with Crippen LogP contribution in [0.5, 0.6) is 0 Å². The molecule has 67 heavy (non-hydrogen) atoms. The molecule has 0 saturated heterocycles. The fraction of sp³-hybridized carbons (Fsp3) is 0.0476. The molecule has 3 aromatic heterocycles. The first-order valence-electron chi connectivity index (χ1n) is 23.2. The van der Waals surface area contributed by atoms with Gasteiger partial charge in [0.2, 0.25) is 0 Å². The van der Waals surface area contributed by atoms with Crippen LogP contribution in [0.4, 0.5) is 17.1 Å². The van der Waals surface area contributed by atoms with Crippen LogP contribution in [0.2, 0.25) is 0 Å². The van der Waals surface area contributed by atoms with Crippen molar-refractivity contribution in [2.75, 3.05) is 4.90 Å². The highest BCUT2D eigenvalue weighted by atomic mass is 32.1. The van der Waals surface area contributed by atoms with Crippen molar-refractivity contribution in [2.24, 2.45) is 0 Å². The Balaban J connectivity index is 0.883. The molecule has 1 aliphatic carbocycles. The standard InChI is InChI=1S/C63H43N3S/c1-63(2)53-22-12-9-19-47(53)48-34-33-46(39-54(48)63)66-56-24-14-11-21-52(56)60-58(66)38-36-50-49-35-37-57-59(61(49)67-62(50)60)51-20-10-13-23-55(51)65(57)45-31-27-41(28-32-45)40-25-29-44(30-26-40)64(42-15-5-3-6-16-42)43-17-7-4-8-18-43/h3-39H,1-2H3. The van der Waals surface area contributed by atoms with E-state index in [0.29, 0.717) is 0 Å². The summed E-state index contributed by atoms with van der Waals surface area (Å²) in [5.41, 5.74) is 18.4. The third-order valence-corrected chi connectivity index (χ3v) is 15.8. The summed E-state index contributed by atoms with van der Waals surface area (Å²) in [6.45, 7) is 4.74. The Morgan fingerprint density at radius 2 is 0.821 bits per heavy atom. The molecule has 0 spiro atoms. The number of nitrogens with zero attached hydrogens (tertiary/aromatic N) is 3. The molecule has 0 amide bonds. The zero-order valence-electron chi connectivity index (χ0n) is 37.1. The summed E-state index contributed by atoms with van der Waals surface area (Å²) in [4.78, 5) is 2.30. The number of anilines is 3. The monoisotopic (exact) mass is 873 g/mol. The van der Waals surface area contributed by atoms with E-state index in [1.165, 1.54) is 103 Å². The van der Waals surface area contributed by atoms with Crippen molar-refractivity contribution in [3.8, 4) is 33.6 Å². The van der Waals surface area contributed by atoms with E-state index < -0.39 is 0 Å². The van der Waals surface area contributed by atoms with Gasteiger partial charge >= 0.3 is 0 Å². The Labute approximate surface area is 392 Å². The van der Waals surface area contributed by atoms with Gasteiger partial charge < -0.3 is 14.0 Å². The van der Waals surface area contributed by atoms with Crippen LogP contribution in [0.1, 0.15) is 25.0 Å². The highest BCUT2D eigenvalue weighted by Gasteiger charge is 2.35. The fourth-order valence-electron chi connectivity index (χ4n) is 11.4. The van der Waals surface area contributed by atoms with Crippen LogP contribution in [0.15, 0.2) is 224 Å². The smallest absolute Gasteiger partial charge is 0.0555 e. The fourth-order valence-corrected chi connectivity index (χ4v) is 12.8. The molecule has 0 atom stereocenters. The first-order valence-corrected chi connectivity index (χ1v) is 24.0. The lowest BCUT2D eigenvalue weighted by molar-refractivity contribution is 0.660. The van der Waals surface area contributed by atoms with E-state index in [0.717, 1.165) is 22.7 Å². The van der Waals surface area contributed by atoms with Gasteiger partial charge in [0.1, 0.15) is 0 Å². The van der Waals surface area contributed by atoms with Gasteiger partial charge in [0, 0.05) is 75.6 Å². The van der Waals surface area contributed by atoms with E-state index in [-0.39, 0.29) is 5.41 Å². The number of para-hydroxylation sites is 4. The predicted molar refractivity (Wildman–Crippen MR) is 286 cm³/mol. The molecule has 0 fully saturated rings. The zero-order chi connectivity index (χ0) is 44.4. The largest absolute Gasteiger partial charge is 0.311 e. The number of fused-ring (bicyclic) bond motifs is 14. The SMILES string of the molecule is CC1(C)c2ccccc2-c2ccc(-n3c4ccccc4c4c5sc6c(ccc7c6c6ccccc6n7-c6ccc(-c7ccc(N(c8ccccc8)c8ccccc8)cc7)cc6)c5ccc43)cc21. The summed E-state index contributed by atoms with van der Waals surface area (Å²) in [6.07, 6.45) is 0. The molecule has 3 nitrogen and oxygen atoms in total. The van der Waals surface area contributed by atoms with E-state index in [2.05, 4.69) is 252 Å². The Morgan fingerprint density at radius 1 is 0.358 bits per heavy atom. The highest BCUT2D eigenvalue weighted by molar-refractivity contribution is 7.27. The molecule has 0 aliphatic heterocycles. The van der Waals surface area contributed by atoms with Crippen molar-refractivity contribution < 1.29 is 0 Å². The Morgan fingerprint density at radius 3 is 1.42 bits per heavy atom. The van der Waals surface area contributed by atoms with Crippen molar-refractivity contribution in [3.63, 3.8) is 0 Å². The van der Waals surface area contributed by atoms with E-state index in [4.69, 9.17) is 0 Å². The van der Waals surface area contributed by atoms with Gasteiger partial charge in [-0.2, -0.15) is 0 Å². The molecule has 0 saturated carbocycles. The summed E-state index contributed by atoms with van der Waals surface area (Å²) >= 11 is 1.95. The number of rotatable bonds is 6. The van der Waals surface area contributed by atoms with E-state index in [9.17, 15) is 0 Å². The van der Waals surface area contributed by atoms with Gasteiger partial charge in [-0.15, -0.1) is 11.3 Å². The minimum Gasteiger partial charge on any atom is -0.311 e. The van der Waals surface area contributed by atoms with Gasteiger partial charge in [0.05, 0.1) is 22.1 Å². The minimum atomic E-state index is -0.0762. The first-order chi connectivity index (χ1) is 33.0. The Bertz CT molecular complexity index is 4060. The first kappa shape index (κ1) is 38.1. The van der Waals surface area contributed by atoms with E-state index in [1.807, 2.05) is 11.3 Å². The maximum absolute atomic E-state index is 2.50. The second kappa shape index (κ2) is 14.4. The maximum Gasteiger partial charge on any atom is 0.0555 e. The molecule has 1 aliphatic rings. The van der Waals surface area contributed by atoms with Crippen molar-refractivity contribution in [1.82, 2.24) is 9.13 Å². The maximum atomic E-state index is 2.50. The zero-order valence-corrected chi connectivity index (χ0v) is 37.9. The summed E-state index contributed by atoms with van der Waals surface area (Å²) in [7, 11) is 0. The summed E-state index contributed by atoms with van der Waals surface area (Å²) < 4.78 is 7.62. The number of aromatic nitrogens is 2. The van der Waals surface area contributed by atoms with Gasteiger partial charge in [0.15, 0.2) is 0 Å². The van der Waals surface area contributed by atoms with Crippen LogP contribution < -0.4 is 4.90 Å². The number of benzene rings is 10. The third kappa shape index (κ3) is 5.57. The molecular formula is C63H43N3S. The van der Waals surface area contributed by atoms with Gasteiger partial charge in [0.25, 0.3) is 0 Å². The molecule has 14 rings (SSSR count). The van der Waals surface area contributed by atoms with Gasteiger partial charge in [-0.1, -0.05) is 153 Å². The van der Waals surface area contributed by atoms with Gasteiger partial charge in [-0.3, -0.25) is 0 Å². The molecular weight excluding hydrogens is 831 g/mol. The van der Waals surface area contributed by atoms with Gasteiger partial charge in [-0.25, -0.2) is 0 Å². The average molecular weight is 874 g/mol. The number of hydrogen-bond donors (Lipinski definition) is 0. The minimum absolute atomic E-state index is 0.0762. The Hall–Kier alpha value is -8.18. The molecule has 0 bridgehead atoms. The molecule has 3 heterocycles. The second-order valence-corrected chi connectivity index (χ2v) is 19.5. The van der Waals surface area contributed by atoms with Gasteiger partial charge in [-0.05, 0) is 118 Å². The van der Waals surface area contributed by atoms with Crippen LogP contribution in [0.25, 0.3) is 97.4 Å². The summed E-state index contributed by atoms with van der Waals surface area (Å²) in [5, 5.41) is 7.82. The molecule has 0 radical (unpaired) electrons. The molecule has 10 aromatic carbocycles. The molecule has 13 aromatic rings. The van der Waals surface area contributed by atoms with Crippen molar-refractivity contribution >= 4 is 92.2 Å². The topological polar surface area (TPSA) is 13.1 Å². The third-order valence-electron chi connectivity index (χ3n) is 14.5. The lowest BCUT2D eigenvalue weighted by Crippen LogP contribution is -2.15. The predicted octanol–water partition coefficient (Wildman–Crippen LogP) is 17.7. The second-order valence-electron chi connectivity index (χ2n) is 18.5. The molecule has 0 N–H and O–H groups in total. The number of thiophene rings is 1. The van der Waals surface area contributed by atoms with Crippen molar-refractivity contribution in [3.05, 3.63) is 236 Å². The molecule has 316 valence electrons. The lowest BCUT2D eigenvalue weighted by atomic mass is 9.82. The normalized spacial score (nSPS) is 13.0.